The first-order valence-electron chi connectivity index (χ1n) is 9.26. The lowest BCUT2D eigenvalue weighted by atomic mass is 10.0. The van der Waals surface area contributed by atoms with Gasteiger partial charge in [-0.3, -0.25) is 9.59 Å². The van der Waals surface area contributed by atoms with Crippen molar-refractivity contribution in [3.05, 3.63) is 90.8 Å². The Kier molecular flexibility index (Phi) is 5.56. The maximum atomic E-state index is 12.3. The third-order valence-corrected chi connectivity index (χ3v) is 4.43. The fourth-order valence-electron chi connectivity index (χ4n) is 2.89. The molecule has 0 saturated carbocycles. The van der Waals surface area contributed by atoms with E-state index in [4.69, 9.17) is 0 Å². The number of carbonyl (C=O) groups is 2. The fourth-order valence-corrected chi connectivity index (χ4v) is 2.89. The maximum Gasteiger partial charge on any atom is 0.251 e. The summed E-state index contributed by atoms with van der Waals surface area (Å²) in [6.07, 6.45) is 1.48. The highest BCUT2D eigenvalue weighted by Crippen LogP contribution is 2.19. The summed E-state index contributed by atoms with van der Waals surface area (Å²) in [5, 5.41) is 16.3. The average molecular weight is 398 g/mol. The van der Waals surface area contributed by atoms with Crippen molar-refractivity contribution in [1.82, 2.24) is 25.5 Å². The smallest absolute Gasteiger partial charge is 0.251 e. The minimum Gasteiger partial charge on any atom is -0.343 e. The van der Waals surface area contributed by atoms with Crippen LogP contribution in [0.25, 0.3) is 16.8 Å². The van der Waals surface area contributed by atoms with Gasteiger partial charge in [0.05, 0.1) is 12.2 Å². The monoisotopic (exact) mass is 398 g/mol. The van der Waals surface area contributed by atoms with Gasteiger partial charge in [0.1, 0.15) is 6.33 Å². The minimum atomic E-state index is -0.320. The number of nitrogens with one attached hydrogen (secondary N) is 2. The molecule has 0 atom stereocenters. The number of benzene rings is 3. The highest BCUT2D eigenvalue weighted by molar-refractivity contribution is 5.99. The second kappa shape index (κ2) is 8.78. The Morgan fingerprint density at radius 3 is 2.20 bits per heavy atom. The number of nitrogens with zero attached hydrogens (tertiary/aromatic N) is 4. The van der Waals surface area contributed by atoms with Gasteiger partial charge >= 0.3 is 0 Å². The van der Waals surface area contributed by atoms with E-state index in [0.29, 0.717) is 11.3 Å². The molecule has 0 radical (unpaired) electrons. The van der Waals surface area contributed by atoms with E-state index in [1.807, 2.05) is 42.5 Å². The molecule has 4 aromatic rings. The topological polar surface area (TPSA) is 102 Å². The summed E-state index contributed by atoms with van der Waals surface area (Å²) >= 11 is 0. The van der Waals surface area contributed by atoms with Crippen LogP contribution in [0.4, 0.5) is 5.69 Å². The quantitative estimate of drug-likeness (QED) is 0.520. The van der Waals surface area contributed by atoms with E-state index in [0.717, 1.165) is 16.8 Å². The number of carbonyl (C=O) groups excluding carboxylic acids is 2. The summed E-state index contributed by atoms with van der Waals surface area (Å²) < 4.78 is 1.51. The highest BCUT2D eigenvalue weighted by atomic mass is 16.2. The molecule has 3 aromatic carbocycles. The Labute approximate surface area is 172 Å². The van der Waals surface area contributed by atoms with Crippen LogP contribution in [0.15, 0.2) is 85.2 Å². The Hall–Kier alpha value is -4.33. The molecule has 0 fully saturated rings. The Balaban J connectivity index is 1.30. The Morgan fingerprint density at radius 2 is 1.53 bits per heavy atom. The maximum absolute atomic E-state index is 12.3. The van der Waals surface area contributed by atoms with Crippen LogP contribution in [-0.2, 0) is 4.79 Å². The van der Waals surface area contributed by atoms with Crippen molar-refractivity contribution in [2.75, 3.05) is 11.9 Å². The molecule has 0 spiro atoms. The van der Waals surface area contributed by atoms with Crippen molar-refractivity contribution in [1.29, 1.82) is 0 Å². The lowest BCUT2D eigenvalue weighted by Crippen LogP contribution is -2.32. The van der Waals surface area contributed by atoms with Gasteiger partial charge in [-0.05, 0) is 58.0 Å². The van der Waals surface area contributed by atoms with Crippen molar-refractivity contribution in [3.8, 4) is 16.8 Å². The predicted molar refractivity (Wildman–Crippen MR) is 112 cm³/mol. The van der Waals surface area contributed by atoms with E-state index in [1.165, 1.54) is 11.0 Å². The fraction of sp³-hybridized carbons (Fsp3) is 0.0455. The minimum absolute atomic E-state index is 0.131. The Morgan fingerprint density at radius 1 is 0.833 bits per heavy atom. The molecular weight excluding hydrogens is 380 g/mol. The van der Waals surface area contributed by atoms with Crippen LogP contribution in [0.1, 0.15) is 10.4 Å². The van der Waals surface area contributed by atoms with E-state index >= 15 is 0 Å². The first-order valence-corrected chi connectivity index (χ1v) is 9.26. The molecule has 1 aromatic heterocycles. The second-order valence-corrected chi connectivity index (χ2v) is 6.48. The standard InChI is InChI=1S/C22H18N6O2/c29-21(25-19-10-12-20(13-11-19)28-15-24-26-27-28)14-23-22(30)18-8-6-17(7-9-18)16-4-2-1-3-5-16/h1-13,15H,14H2,(H,23,30)(H,25,29). The lowest BCUT2D eigenvalue weighted by molar-refractivity contribution is -0.115. The average Bonchev–Trinajstić information content (AvgIpc) is 3.34. The predicted octanol–water partition coefficient (Wildman–Crippen LogP) is 2.70. The molecule has 4 rings (SSSR count). The highest BCUT2D eigenvalue weighted by Gasteiger charge is 2.09. The molecule has 2 N–H and O–H groups in total. The summed E-state index contributed by atoms with van der Waals surface area (Å²) in [5.41, 5.74) is 3.97. The van der Waals surface area contributed by atoms with E-state index in [-0.39, 0.29) is 18.4 Å². The molecule has 0 bridgehead atoms. The van der Waals surface area contributed by atoms with E-state index in [2.05, 4.69) is 26.2 Å². The molecular formula is C22H18N6O2. The van der Waals surface area contributed by atoms with Crippen LogP contribution in [0.2, 0.25) is 0 Å². The molecule has 0 unspecified atom stereocenters. The van der Waals surface area contributed by atoms with Gasteiger partial charge in [0, 0.05) is 11.3 Å². The number of anilines is 1. The van der Waals surface area contributed by atoms with Gasteiger partial charge in [-0.1, -0.05) is 42.5 Å². The Bertz CT molecular complexity index is 1120. The van der Waals surface area contributed by atoms with E-state index in [9.17, 15) is 9.59 Å². The van der Waals surface area contributed by atoms with Crippen molar-refractivity contribution < 1.29 is 9.59 Å². The molecule has 8 heteroatoms. The van der Waals surface area contributed by atoms with Crippen LogP contribution in [0, 0.1) is 0 Å². The lowest BCUT2D eigenvalue weighted by Gasteiger charge is -2.08. The summed E-state index contributed by atoms with van der Waals surface area (Å²) in [4.78, 5) is 24.5. The molecule has 8 nitrogen and oxygen atoms in total. The van der Waals surface area contributed by atoms with Gasteiger partial charge in [-0.15, -0.1) is 5.10 Å². The summed E-state index contributed by atoms with van der Waals surface area (Å²) in [6, 6.07) is 24.2. The molecule has 0 aliphatic rings. The SMILES string of the molecule is O=C(CNC(=O)c1ccc(-c2ccccc2)cc1)Nc1ccc(-n2cnnn2)cc1. The van der Waals surface area contributed by atoms with E-state index in [1.54, 1.807) is 36.4 Å². The number of rotatable bonds is 6. The van der Waals surface area contributed by atoms with Crippen molar-refractivity contribution in [3.63, 3.8) is 0 Å². The molecule has 1 heterocycles. The largest absolute Gasteiger partial charge is 0.343 e. The number of aromatic nitrogens is 4. The van der Waals surface area contributed by atoms with Crippen molar-refractivity contribution >= 4 is 17.5 Å². The van der Waals surface area contributed by atoms with Crippen molar-refractivity contribution in [2.45, 2.75) is 0 Å². The molecule has 148 valence electrons. The first-order chi connectivity index (χ1) is 14.7. The molecule has 0 aliphatic heterocycles. The molecule has 2 amide bonds. The summed E-state index contributed by atoms with van der Waals surface area (Å²) in [5.74, 6) is -0.627. The van der Waals surface area contributed by atoms with E-state index < -0.39 is 0 Å². The van der Waals surface area contributed by atoms with Crippen LogP contribution in [-0.4, -0.2) is 38.6 Å². The molecule has 30 heavy (non-hydrogen) atoms. The van der Waals surface area contributed by atoms with Gasteiger partial charge < -0.3 is 10.6 Å². The second-order valence-electron chi connectivity index (χ2n) is 6.48. The zero-order valence-corrected chi connectivity index (χ0v) is 15.9. The zero-order chi connectivity index (χ0) is 20.8. The van der Waals surface area contributed by atoms with Gasteiger partial charge in [0.2, 0.25) is 5.91 Å². The zero-order valence-electron chi connectivity index (χ0n) is 15.9. The third-order valence-electron chi connectivity index (χ3n) is 4.43. The number of amides is 2. The molecule has 0 saturated heterocycles. The van der Waals surface area contributed by atoms with Gasteiger partial charge in [-0.2, -0.15) is 0 Å². The van der Waals surface area contributed by atoms with Crippen LogP contribution in [0.3, 0.4) is 0 Å². The van der Waals surface area contributed by atoms with Crippen LogP contribution in [0.5, 0.6) is 0 Å². The summed E-state index contributed by atoms with van der Waals surface area (Å²) in [7, 11) is 0. The first kappa shape index (κ1) is 19.0. The van der Waals surface area contributed by atoms with Gasteiger partial charge in [-0.25, -0.2) is 4.68 Å². The van der Waals surface area contributed by atoms with Crippen molar-refractivity contribution in [2.24, 2.45) is 0 Å². The summed E-state index contributed by atoms with van der Waals surface area (Å²) in [6.45, 7) is -0.131. The normalized spacial score (nSPS) is 10.4. The third kappa shape index (κ3) is 4.56. The van der Waals surface area contributed by atoms with Crippen LogP contribution >= 0.6 is 0 Å². The number of tetrazole rings is 1. The number of hydrogen-bond acceptors (Lipinski definition) is 5. The van der Waals surface area contributed by atoms with Gasteiger partial charge in [0.25, 0.3) is 5.91 Å². The van der Waals surface area contributed by atoms with Gasteiger partial charge in [0.15, 0.2) is 0 Å². The van der Waals surface area contributed by atoms with Crippen LogP contribution < -0.4 is 10.6 Å². The molecule has 0 aliphatic carbocycles. The number of hydrogen-bond donors (Lipinski definition) is 2.